The van der Waals surface area contributed by atoms with Crippen molar-refractivity contribution < 1.29 is 31.4 Å². The number of rotatable bonds is 8. The van der Waals surface area contributed by atoms with Gasteiger partial charge in [-0.15, -0.1) is 13.2 Å². The summed E-state index contributed by atoms with van der Waals surface area (Å²) in [4.78, 5) is 4.85. The minimum Gasteiger partial charge on any atom is -0.406 e. The lowest BCUT2D eigenvalue weighted by Gasteiger charge is -2.19. The number of hydrogen-bond donors (Lipinski definition) is 0. The van der Waals surface area contributed by atoms with E-state index < -0.39 is 6.36 Å². The fourth-order valence-electron chi connectivity index (χ4n) is 3.93. The van der Waals surface area contributed by atoms with Gasteiger partial charge in [0.15, 0.2) is 0 Å². The van der Waals surface area contributed by atoms with Crippen LogP contribution in [0, 0.1) is 11.6 Å². The summed E-state index contributed by atoms with van der Waals surface area (Å²) in [6, 6.07) is 19.5. The fraction of sp³-hybridized carbons (Fsp3) is 0.207. The van der Waals surface area contributed by atoms with Gasteiger partial charge in [-0.3, -0.25) is 4.98 Å². The zero-order chi connectivity index (χ0) is 26.6. The first-order valence-corrected chi connectivity index (χ1v) is 11.6. The van der Waals surface area contributed by atoms with E-state index in [1.807, 2.05) is 19.9 Å². The molecule has 0 aliphatic heterocycles. The van der Waals surface area contributed by atoms with Crippen LogP contribution in [0.4, 0.5) is 22.0 Å². The van der Waals surface area contributed by atoms with Gasteiger partial charge >= 0.3 is 6.36 Å². The van der Waals surface area contributed by atoms with Crippen molar-refractivity contribution in [2.75, 3.05) is 0 Å². The van der Waals surface area contributed by atoms with Gasteiger partial charge in [-0.05, 0) is 77.2 Å². The van der Waals surface area contributed by atoms with Crippen molar-refractivity contribution in [3.63, 3.8) is 0 Å². The van der Waals surface area contributed by atoms with Gasteiger partial charge in [0.2, 0.25) is 0 Å². The molecule has 3 nitrogen and oxygen atoms in total. The summed E-state index contributed by atoms with van der Waals surface area (Å²) in [6.07, 6.45) is -4.75. The minimum atomic E-state index is -4.75. The molecule has 37 heavy (non-hydrogen) atoms. The van der Waals surface area contributed by atoms with Crippen molar-refractivity contribution in [3.8, 4) is 28.1 Å². The highest BCUT2D eigenvalue weighted by Crippen LogP contribution is 2.34. The van der Waals surface area contributed by atoms with Crippen molar-refractivity contribution in [2.45, 2.75) is 39.3 Å². The van der Waals surface area contributed by atoms with E-state index in [-0.39, 0.29) is 36.5 Å². The Morgan fingerprint density at radius 2 is 1.32 bits per heavy atom. The molecule has 4 aromatic rings. The van der Waals surface area contributed by atoms with Crippen LogP contribution in [-0.2, 0) is 18.0 Å². The van der Waals surface area contributed by atoms with E-state index in [0.29, 0.717) is 11.3 Å². The minimum absolute atomic E-state index is 0.0111. The molecule has 0 unspecified atom stereocenters. The van der Waals surface area contributed by atoms with E-state index in [1.165, 1.54) is 48.5 Å². The zero-order valence-corrected chi connectivity index (χ0v) is 20.2. The van der Waals surface area contributed by atoms with E-state index in [9.17, 15) is 22.0 Å². The number of hydrogen-bond acceptors (Lipinski definition) is 3. The third-order valence-corrected chi connectivity index (χ3v) is 5.67. The van der Waals surface area contributed by atoms with Crippen molar-refractivity contribution in [3.05, 3.63) is 107 Å². The standard InChI is InChI=1S/C29H24F5NO2/c1-18(2)28-26(17-36-16-19-3-13-24(14-4-19)37-29(32,33)34)25(20-5-9-22(30)10-6-20)15-27(35-28)21-7-11-23(31)12-8-21/h3-15,18H,16-17H2,1-2H3. The number of benzene rings is 3. The molecule has 0 spiro atoms. The third-order valence-electron chi connectivity index (χ3n) is 5.67. The predicted molar refractivity (Wildman–Crippen MR) is 131 cm³/mol. The molecule has 192 valence electrons. The lowest BCUT2D eigenvalue weighted by atomic mass is 9.93. The van der Waals surface area contributed by atoms with Crippen LogP contribution in [0.5, 0.6) is 5.75 Å². The largest absolute Gasteiger partial charge is 0.573 e. The highest BCUT2D eigenvalue weighted by molar-refractivity contribution is 5.74. The molecular weight excluding hydrogens is 489 g/mol. The number of nitrogens with zero attached hydrogens (tertiary/aromatic N) is 1. The van der Waals surface area contributed by atoms with Crippen molar-refractivity contribution in [1.82, 2.24) is 4.98 Å². The van der Waals surface area contributed by atoms with Crippen LogP contribution in [0.1, 0.15) is 36.6 Å². The molecule has 4 rings (SSSR count). The second kappa shape index (κ2) is 11.1. The Kier molecular flexibility index (Phi) is 7.88. The Bertz CT molecular complexity index is 1330. The van der Waals surface area contributed by atoms with Gasteiger partial charge < -0.3 is 9.47 Å². The molecule has 0 saturated carbocycles. The molecule has 1 aromatic heterocycles. The van der Waals surface area contributed by atoms with Gasteiger partial charge in [-0.25, -0.2) is 8.78 Å². The number of aromatic nitrogens is 1. The molecule has 0 aliphatic rings. The SMILES string of the molecule is CC(C)c1nc(-c2ccc(F)cc2)cc(-c2ccc(F)cc2)c1COCc1ccc(OC(F)(F)F)cc1. The first-order valence-electron chi connectivity index (χ1n) is 11.6. The van der Waals surface area contributed by atoms with E-state index >= 15 is 0 Å². The van der Waals surface area contributed by atoms with Gasteiger partial charge in [-0.2, -0.15) is 0 Å². The molecule has 0 fully saturated rings. The number of pyridine rings is 1. The summed E-state index contributed by atoms with van der Waals surface area (Å²) in [5.74, 6) is -1.01. The fourth-order valence-corrected chi connectivity index (χ4v) is 3.93. The van der Waals surface area contributed by atoms with E-state index in [1.54, 1.807) is 24.3 Å². The summed E-state index contributed by atoms with van der Waals surface area (Å²) < 4.78 is 74.2. The maximum Gasteiger partial charge on any atom is 0.573 e. The van der Waals surface area contributed by atoms with E-state index in [4.69, 9.17) is 9.72 Å². The third kappa shape index (κ3) is 6.92. The van der Waals surface area contributed by atoms with Crippen LogP contribution < -0.4 is 4.74 Å². The molecular formula is C29H24F5NO2. The Labute approximate surface area is 211 Å². The lowest BCUT2D eigenvalue weighted by Crippen LogP contribution is -2.17. The van der Waals surface area contributed by atoms with E-state index in [0.717, 1.165) is 27.9 Å². The maximum absolute atomic E-state index is 13.7. The van der Waals surface area contributed by atoms with Crippen molar-refractivity contribution in [2.24, 2.45) is 0 Å². The Balaban J connectivity index is 1.65. The van der Waals surface area contributed by atoms with Crippen LogP contribution in [0.3, 0.4) is 0 Å². The van der Waals surface area contributed by atoms with Crippen molar-refractivity contribution >= 4 is 0 Å². The summed E-state index contributed by atoms with van der Waals surface area (Å²) in [5, 5.41) is 0. The molecule has 3 aromatic carbocycles. The molecule has 1 heterocycles. The first kappa shape index (κ1) is 26.3. The highest BCUT2D eigenvalue weighted by Gasteiger charge is 2.31. The van der Waals surface area contributed by atoms with Crippen LogP contribution in [0.2, 0.25) is 0 Å². The van der Waals surface area contributed by atoms with Gasteiger partial charge in [0.25, 0.3) is 0 Å². The molecule has 0 bridgehead atoms. The van der Waals surface area contributed by atoms with Gasteiger partial charge in [-0.1, -0.05) is 38.1 Å². The van der Waals surface area contributed by atoms with Crippen LogP contribution >= 0.6 is 0 Å². The molecule has 0 N–H and O–H groups in total. The Morgan fingerprint density at radius 1 is 0.757 bits per heavy atom. The smallest absolute Gasteiger partial charge is 0.406 e. The summed E-state index contributed by atoms with van der Waals surface area (Å²) >= 11 is 0. The monoisotopic (exact) mass is 513 g/mol. The molecule has 0 atom stereocenters. The average molecular weight is 514 g/mol. The topological polar surface area (TPSA) is 31.4 Å². The number of halogens is 5. The second-order valence-corrected chi connectivity index (χ2v) is 8.77. The highest BCUT2D eigenvalue weighted by atomic mass is 19.4. The van der Waals surface area contributed by atoms with Gasteiger partial charge in [0.1, 0.15) is 17.4 Å². The predicted octanol–water partition coefficient (Wildman–Crippen LogP) is 8.43. The normalized spacial score (nSPS) is 11.7. The summed E-state index contributed by atoms with van der Waals surface area (Å²) in [5.41, 5.74) is 5.19. The second-order valence-electron chi connectivity index (χ2n) is 8.77. The van der Waals surface area contributed by atoms with Gasteiger partial charge in [0, 0.05) is 16.8 Å². The Morgan fingerprint density at radius 3 is 1.86 bits per heavy atom. The molecule has 0 radical (unpaired) electrons. The quantitative estimate of drug-likeness (QED) is 0.222. The van der Waals surface area contributed by atoms with Gasteiger partial charge in [0.05, 0.1) is 18.9 Å². The molecule has 8 heteroatoms. The van der Waals surface area contributed by atoms with Crippen LogP contribution in [0.15, 0.2) is 78.9 Å². The lowest BCUT2D eigenvalue weighted by molar-refractivity contribution is -0.274. The van der Waals surface area contributed by atoms with E-state index in [2.05, 4.69) is 4.74 Å². The molecule has 0 amide bonds. The molecule has 0 aliphatic carbocycles. The zero-order valence-electron chi connectivity index (χ0n) is 20.2. The average Bonchev–Trinajstić information content (AvgIpc) is 2.85. The molecule has 0 saturated heterocycles. The maximum atomic E-state index is 13.7. The summed E-state index contributed by atoms with van der Waals surface area (Å²) in [7, 11) is 0. The number of ether oxygens (including phenoxy) is 2. The van der Waals surface area contributed by atoms with Crippen LogP contribution in [-0.4, -0.2) is 11.3 Å². The first-order chi connectivity index (χ1) is 17.6. The Hall–Kier alpha value is -3.78. The summed E-state index contributed by atoms with van der Waals surface area (Å²) in [6.45, 7) is 4.30. The van der Waals surface area contributed by atoms with Crippen molar-refractivity contribution in [1.29, 1.82) is 0 Å². The van der Waals surface area contributed by atoms with Crippen LogP contribution in [0.25, 0.3) is 22.4 Å². The number of alkyl halides is 3.